The number of fused-ring (bicyclic) bond motifs is 1. The van der Waals surface area contributed by atoms with Crippen molar-refractivity contribution in [2.45, 2.75) is 40.0 Å². The lowest BCUT2D eigenvalue weighted by molar-refractivity contribution is 0.0975. The van der Waals surface area contributed by atoms with E-state index in [1.165, 1.54) is 17.4 Å². The van der Waals surface area contributed by atoms with Crippen molar-refractivity contribution < 1.29 is 9.59 Å². The number of benzene rings is 1. The van der Waals surface area contributed by atoms with Crippen molar-refractivity contribution in [1.29, 1.82) is 0 Å². The van der Waals surface area contributed by atoms with E-state index in [0.29, 0.717) is 27.1 Å². The number of carbonyl (C=O) groups is 2. The molecule has 1 aliphatic rings. The van der Waals surface area contributed by atoms with E-state index in [-0.39, 0.29) is 15.6 Å². The van der Waals surface area contributed by atoms with Gasteiger partial charge < -0.3 is 11.1 Å². The molecule has 0 saturated carbocycles. The standard InChI is InChI=1S/C21H23Cl2N3O2S2/c1-21(2,3)11-5-6-12-15(9-11)30-19(16(12)17(24)27)26-20(29)25-18(28)10-4-7-13(22)14(23)8-10/h4,7-8,11H,5-6,9H2,1-3H3,(H2,24,27)(H2,25,26,28,29)/t11-/m1/s1. The minimum absolute atomic E-state index is 0.0829. The van der Waals surface area contributed by atoms with E-state index in [4.69, 9.17) is 41.2 Å². The van der Waals surface area contributed by atoms with Crippen LogP contribution in [0.2, 0.25) is 10.0 Å². The normalized spacial score (nSPS) is 16.0. The van der Waals surface area contributed by atoms with Crippen molar-refractivity contribution >= 4 is 68.7 Å². The maximum Gasteiger partial charge on any atom is 0.257 e. The van der Waals surface area contributed by atoms with Gasteiger partial charge in [0.25, 0.3) is 11.8 Å². The second-order valence-electron chi connectivity index (χ2n) is 8.42. The van der Waals surface area contributed by atoms with Crippen molar-refractivity contribution in [3.63, 3.8) is 0 Å². The van der Waals surface area contributed by atoms with Gasteiger partial charge in [-0.1, -0.05) is 44.0 Å². The van der Waals surface area contributed by atoms with E-state index in [2.05, 4.69) is 31.4 Å². The number of anilines is 1. The highest BCUT2D eigenvalue weighted by Gasteiger charge is 2.33. The smallest absolute Gasteiger partial charge is 0.257 e. The van der Waals surface area contributed by atoms with Crippen LogP contribution in [0, 0.1) is 11.3 Å². The molecule has 0 spiro atoms. The Hall–Kier alpha value is -1.67. The Morgan fingerprint density at radius 2 is 1.93 bits per heavy atom. The largest absolute Gasteiger partial charge is 0.365 e. The number of hydrogen-bond donors (Lipinski definition) is 3. The predicted molar refractivity (Wildman–Crippen MR) is 128 cm³/mol. The van der Waals surface area contributed by atoms with Crippen molar-refractivity contribution in [3.8, 4) is 0 Å². The molecule has 0 fully saturated rings. The molecule has 0 saturated heterocycles. The predicted octanol–water partition coefficient (Wildman–Crippen LogP) is 5.43. The highest BCUT2D eigenvalue weighted by molar-refractivity contribution is 7.80. The molecule has 9 heteroatoms. The molecule has 4 N–H and O–H groups in total. The maximum absolute atomic E-state index is 12.4. The number of thiophene rings is 1. The van der Waals surface area contributed by atoms with Crippen molar-refractivity contribution in [3.05, 3.63) is 49.8 Å². The third kappa shape index (κ3) is 4.97. The van der Waals surface area contributed by atoms with E-state index in [0.717, 1.165) is 29.7 Å². The molecule has 160 valence electrons. The van der Waals surface area contributed by atoms with Crippen LogP contribution in [0.3, 0.4) is 0 Å². The number of nitrogens with two attached hydrogens (primary N) is 1. The summed E-state index contributed by atoms with van der Waals surface area (Å²) in [6.45, 7) is 6.70. The van der Waals surface area contributed by atoms with Gasteiger partial charge in [-0.3, -0.25) is 14.9 Å². The molecule has 3 rings (SSSR count). The maximum atomic E-state index is 12.4. The van der Waals surface area contributed by atoms with E-state index in [9.17, 15) is 9.59 Å². The summed E-state index contributed by atoms with van der Waals surface area (Å²) in [7, 11) is 0. The van der Waals surface area contributed by atoms with Gasteiger partial charge in [0, 0.05) is 10.4 Å². The third-order valence-electron chi connectivity index (χ3n) is 5.37. The molecule has 0 radical (unpaired) electrons. The van der Waals surface area contributed by atoms with Gasteiger partial charge >= 0.3 is 0 Å². The molecule has 30 heavy (non-hydrogen) atoms. The van der Waals surface area contributed by atoms with Crippen LogP contribution in [0.25, 0.3) is 0 Å². The molecule has 1 aliphatic carbocycles. The molecule has 0 aliphatic heterocycles. The molecular weight excluding hydrogens is 461 g/mol. The molecule has 1 atom stereocenters. The second kappa shape index (κ2) is 8.83. The van der Waals surface area contributed by atoms with Gasteiger partial charge in [0.1, 0.15) is 5.00 Å². The quantitative estimate of drug-likeness (QED) is 0.507. The minimum Gasteiger partial charge on any atom is -0.365 e. The molecule has 5 nitrogen and oxygen atoms in total. The fourth-order valence-corrected chi connectivity index (χ4v) is 5.52. The number of primary amides is 1. The lowest BCUT2D eigenvalue weighted by Gasteiger charge is -2.33. The minimum atomic E-state index is -0.497. The SMILES string of the molecule is CC(C)(C)[C@@H]1CCc2c(sc(NC(=S)NC(=O)c3ccc(Cl)c(Cl)c3)c2C(N)=O)C1. The number of nitrogens with one attached hydrogen (secondary N) is 2. The van der Waals surface area contributed by atoms with E-state index in [1.807, 2.05) is 0 Å². The van der Waals surface area contributed by atoms with Gasteiger partial charge in [-0.25, -0.2) is 0 Å². The summed E-state index contributed by atoms with van der Waals surface area (Å²) in [5.41, 5.74) is 7.64. The first-order chi connectivity index (χ1) is 14.0. The Morgan fingerprint density at radius 1 is 1.23 bits per heavy atom. The molecule has 1 aromatic heterocycles. The van der Waals surface area contributed by atoms with Crippen LogP contribution in [0.5, 0.6) is 0 Å². The van der Waals surface area contributed by atoms with Gasteiger partial charge in [-0.05, 0) is 66.6 Å². The van der Waals surface area contributed by atoms with Crippen molar-refractivity contribution in [1.82, 2.24) is 5.32 Å². The zero-order valence-corrected chi connectivity index (χ0v) is 20.0. The zero-order chi connectivity index (χ0) is 22.2. The zero-order valence-electron chi connectivity index (χ0n) is 16.9. The van der Waals surface area contributed by atoms with E-state index in [1.54, 1.807) is 12.1 Å². The lowest BCUT2D eigenvalue weighted by atomic mass is 9.72. The van der Waals surface area contributed by atoms with E-state index >= 15 is 0 Å². The number of halogens is 2. The number of amides is 2. The summed E-state index contributed by atoms with van der Waals surface area (Å²) in [6, 6.07) is 4.56. The molecule has 1 aromatic carbocycles. The van der Waals surface area contributed by atoms with E-state index < -0.39 is 11.8 Å². The Bertz CT molecular complexity index is 1030. The number of hydrogen-bond acceptors (Lipinski definition) is 4. The van der Waals surface area contributed by atoms with Crippen LogP contribution >= 0.6 is 46.8 Å². The van der Waals surface area contributed by atoms with Crippen LogP contribution in [0.4, 0.5) is 5.00 Å². The molecular formula is C21H23Cl2N3O2S2. The summed E-state index contributed by atoms with van der Waals surface area (Å²) in [5.74, 6) is -0.401. The molecule has 1 heterocycles. The van der Waals surface area contributed by atoms with Crippen LogP contribution in [-0.2, 0) is 12.8 Å². The van der Waals surface area contributed by atoms with Crippen LogP contribution in [0.15, 0.2) is 18.2 Å². The summed E-state index contributed by atoms with van der Waals surface area (Å²) in [5, 5.41) is 6.88. The van der Waals surface area contributed by atoms with Gasteiger partial charge in [-0.15, -0.1) is 11.3 Å². The second-order valence-corrected chi connectivity index (χ2v) is 10.7. The molecule has 2 amide bonds. The van der Waals surface area contributed by atoms with Gasteiger partial charge in [0.05, 0.1) is 15.6 Å². The lowest BCUT2D eigenvalue weighted by Crippen LogP contribution is -2.34. The fourth-order valence-electron chi connectivity index (χ4n) is 3.62. The Labute approximate surface area is 195 Å². The van der Waals surface area contributed by atoms with Gasteiger partial charge in [0.2, 0.25) is 0 Å². The van der Waals surface area contributed by atoms with Gasteiger partial charge in [0.15, 0.2) is 5.11 Å². The Morgan fingerprint density at radius 3 is 2.53 bits per heavy atom. The summed E-state index contributed by atoms with van der Waals surface area (Å²) >= 11 is 18.6. The van der Waals surface area contributed by atoms with Crippen molar-refractivity contribution in [2.24, 2.45) is 17.1 Å². The average molecular weight is 484 g/mol. The first kappa shape index (κ1) is 23.0. The monoisotopic (exact) mass is 483 g/mol. The van der Waals surface area contributed by atoms with Crippen LogP contribution in [-0.4, -0.2) is 16.9 Å². The Kier molecular flexibility index (Phi) is 6.77. The van der Waals surface area contributed by atoms with Crippen LogP contribution < -0.4 is 16.4 Å². The first-order valence-corrected chi connectivity index (χ1v) is 11.5. The fraction of sp³-hybridized carbons (Fsp3) is 0.381. The number of carbonyl (C=O) groups excluding carboxylic acids is 2. The topological polar surface area (TPSA) is 84.2 Å². The first-order valence-electron chi connectivity index (χ1n) is 9.49. The van der Waals surface area contributed by atoms with Crippen molar-refractivity contribution in [2.75, 3.05) is 5.32 Å². The molecule has 0 unspecified atom stereocenters. The molecule has 2 aromatic rings. The average Bonchev–Trinajstić information content (AvgIpc) is 2.99. The van der Waals surface area contributed by atoms with Gasteiger partial charge in [-0.2, -0.15) is 0 Å². The molecule has 0 bridgehead atoms. The number of thiocarbonyl (C=S) groups is 1. The number of rotatable bonds is 3. The Balaban J connectivity index is 1.78. The highest BCUT2D eigenvalue weighted by Crippen LogP contribution is 2.44. The third-order valence-corrected chi connectivity index (χ3v) is 7.49. The summed E-state index contributed by atoms with van der Waals surface area (Å²) < 4.78 is 0. The highest BCUT2D eigenvalue weighted by atomic mass is 35.5. The van der Waals surface area contributed by atoms with Crippen LogP contribution in [0.1, 0.15) is 58.3 Å². The summed E-state index contributed by atoms with van der Waals surface area (Å²) in [6.07, 6.45) is 2.70. The summed E-state index contributed by atoms with van der Waals surface area (Å²) in [4.78, 5) is 25.8.